The van der Waals surface area contributed by atoms with Gasteiger partial charge in [-0.3, -0.25) is 5.32 Å². The Bertz CT molecular complexity index is 512. The number of hydrogen-bond donors (Lipinski definition) is 1. The predicted molar refractivity (Wildman–Crippen MR) is 75.1 cm³/mol. The number of anilines is 1. The second-order valence-corrected chi connectivity index (χ2v) is 5.34. The lowest BCUT2D eigenvalue weighted by molar-refractivity contribution is 0.0517. The molecule has 20 heavy (non-hydrogen) atoms. The maximum absolute atomic E-state index is 11.6. The molecule has 1 heterocycles. The summed E-state index contributed by atoms with van der Waals surface area (Å²) in [7, 11) is 0. The number of amides is 1. The molecule has 0 aromatic carbocycles. The van der Waals surface area contributed by atoms with Crippen LogP contribution in [0.1, 0.15) is 38.2 Å². The van der Waals surface area contributed by atoms with Gasteiger partial charge in [-0.2, -0.15) is 0 Å². The van der Waals surface area contributed by atoms with Gasteiger partial charge < -0.3 is 9.47 Å². The average Bonchev–Trinajstić information content (AvgIpc) is 2.25. The van der Waals surface area contributed by atoms with Crippen LogP contribution < -0.4 is 5.32 Å². The van der Waals surface area contributed by atoms with Gasteiger partial charge in [-0.1, -0.05) is 11.6 Å². The molecule has 0 saturated heterocycles. The van der Waals surface area contributed by atoms with Crippen molar-refractivity contribution in [1.29, 1.82) is 0 Å². The summed E-state index contributed by atoms with van der Waals surface area (Å²) in [6.45, 7) is 7.12. The van der Waals surface area contributed by atoms with E-state index in [1.165, 1.54) is 12.1 Å². The van der Waals surface area contributed by atoms with Gasteiger partial charge in [0.25, 0.3) is 0 Å². The number of hydrogen-bond acceptors (Lipinski definition) is 5. The van der Waals surface area contributed by atoms with Crippen molar-refractivity contribution >= 4 is 29.5 Å². The second-order valence-electron chi connectivity index (χ2n) is 4.90. The van der Waals surface area contributed by atoms with Gasteiger partial charge in [-0.05, 0) is 39.8 Å². The molecule has 0 fully saturated rings. The van der Waals surface area contributed by atoms with Crippen LogP contribution in [0.3, 0.4) is 0 Å². The third-order valence-corrected chi connectivity index (χ3v) is 2.12. The summed E-state index contributed by atoms with van der Waals surface area (Å²) >= 11 is 5.87. The van der Waals surface area contributed by atoms with Crippen LogP contribution in [0.4, 0.5) is 10.6 Å². The lowest BCUT2D eigenvalue weighted by Crippen LogP contribution is -2.27. The zero-order chi connectivity index (χ0) is 15.3. The third-order valence-electron chi connectivity index (χ3n) is 1.90. The molecule has 0 radical (unpaired) electrons. The fourth-order valence-electron chi connectivity index (χ4n) is 1.28. The Balaban J connectivity index is 2.86. The summed E-state index contributed by atoms with van der Waals surface area (Å²) in [6, 6.07) is 2.77. The number of carbonyl (C=O) groups excluding carboxylic acids is 2. The Morgan fingerprint density at radius 1 is 1.35 bits per heavy atom. The lowest BCUT2D eigenvalue weighted by Gasteiger charge is -2.19. The minimum atomic E-state index is -0.679. The number of pyridine rings is 1. The van der Waals surface area contributed by atoms with E-state index in [1.807, 2.05) is 0 Å². The zero-order valence-electron chi connectivity index (χ0n) is 11.8. The van der Waals surface area contributed by atoms with Gasteiger partial charge in [0.2, 0.25) is 0 Å². The zero-order valence-corrected chi connectivity index (χ0v) is 12.6. The van der Waals surface area contributed by atoms with Gasteiger partial charge in [0.05, 0.1) is 6.61 Å². The number of carbonyl (C=O) groups is 2. The summed E-state index contributed by atoms with van der Waals surface area (Å²) in [5.74, 6) is -0.489. The first-order valence-electron chi connectivity index (χ1n) is 6.06. The first kappa shape index (κ1) is 16.2. The van der Waals surface area contributed by atoms with Crippen molar-refractivity contribution in [2.24, 2.45) is 0 Å². The summed E-state index contributed by atoms with van der Waals surface area (Å²) in [5.41, 5.74) is -0.613. The Hall–Kier alpha value is -1.82. The highest BCUT2D eigenvalue weighted by Crippen LogP contribution is 2.17. The molecule has 0 aliphatic carbocycles. The molecule has 0 atom stereocenters. The molecular weight excluding hydrogens is 284 g/mol. The van der Waals surface area contributed by atoms with Crippen molar-refractivity contribution in [2.45, 2.75) is 33.3 Å². The molecule has 1 aromatic rings. The minimum absolute atomic E-state index is 0.0189. The first-order chi connectivity index (χ1) is 9.21. The highest BCUT2D eigenvalue weighted by atomic mass is 35.5. The Labute approximate surface area is 122 Å². The number of ether oxygens (including phenoxy) is 2. The third kappa shape index (κ3) is 5.44. The largest absolute Gasteiger partial charge is 0.461 e. The monoisotopic (exact) mass is 300 g/mol. The van der Waals surface area contributed by atoms with Crippen LogP contribution in [0.2, 0.25) is 5.02 Å². The van der Waals surface area contributed by atoms with Gasteiger partial charge in [0.1, 0.15) is 11.4 Å². The van der Waals surface area contributed by atoms with Gasteiger partial charge in [0, 0.05) is 5.02 Å². The van der Waals surface area contributed by atoms with E-state index in [9.17, 15) is 9.59 Å². The molecule has 1 amide bonds. The fourth-order valence-corrected chi connectivity index (χ4v) is 1.49. The van der Waals surface area contributed by atoms with E-state index in [1.54, 1.807) is 27.7 Å². The Morgan fingerprint density at radius 2 is 2.00 bits per heavy atom. The molecular formula is C13H17ClN2O4. The van der Waals surface area contributed by atoms with Crippen molar-refractivity contribution in [3.63, 3.8) is 0 Å². The standard InChI is InChI=1S/C13H17ClN2O4/c1-5-19-11(17)9-6-8(14)7-10(15-9)16-12(18)20-13(2,3)4/h6-7H,5H2,1-4H3,(H,15,16,18). The van der Waals surface area contributed by atoms with Crippen LogP contribution in [0, 0.1) is 0 Å². The minimum Gasteiger partial charge on any atom is -0.461 e. The normalized spacial score (nSPS) is 10.8. The topological polar surface area (TPSA) is 77.5 Å². The number of aromatic nitrogens is 1. The molecule has 0 unspecified atom stereocenters. The number of halogens is 1. The maximum atomic E-state index is 11.6. The molecule has 0 aliphatic rings. The van der Waals surface area contributed by atoms with Gasteiger partial charge in [-0.25, -0.2) is 14.6 Å². The predicted octanol–water partition coefficient (Wildman–Crippen LogP) is 3.26. The molecule has 110 valence electrons. The molecule has 6 nitrogen and oxygen atoms in total. The number of nitrogens with zero attached hydrogens (tertiary/aromatic N) is 1. The van der Waals surface area contributed by atoms with E-state index in [0.717, 1.165) is 0 Å². The van der Waals surface area contributed by atoms with Crippen molar-refractivity contribution in [3.8, 4) is 0 Å². The maximum Gasteiger partial charge on any atom is 0.413 e. The molecule has 1 N–H and O–H groups in total. The van der Waals surface area contributed by atoms with Crippen molar-refractivity contribution in [3.05, 3.63) is 22.8 Å². The van der Waals surface area contributed by atoms with E-state index in [4.69, 9.17) is 21.1 Å². The van der Waals surface area contributed by atoms with E-state index in [-0.39, 0.29) is 23.1 Å². The number of nitrogens with one attached hydrogen (secondary N) is 1. The molecule has 1 aromatic heterocycles. The highest BCUT2D eigenvalue weighted by molar-refractivity contribution is 6.31. The lowest BCUT2D eigenvalue weighted by atomic mass is 10.2. The SMILES string of the molecule is CCOC(=O)c1cc(Cl)cc(NC(=O)OC(C)(C)C)n1. The van der Waals surface area contributed by atoms with Crippen LogP contribution in [-0.2, 0) is 9.47 Å². The second kappa shape index (κ2) is 6.56. The quantitative estimate of drug-likeness (QED) is 0.867. The molecule has 7 heteroatoms. The Morgan fingerprint density at radius 3 is 2.55 bits per heavy atom. The molecule has 0 bridgehead atoms. The van der Waals surface area contributed by atoms with Crippen molar-refractivity contribution in [2.75, 3.05) is 11.9 Å². The van der Waals surface area contributed by atoms with Gasteiger partial charge >= 0.3 is 12.1 Å². The summed E-state index contributed by atoms with van der Waals surface area (Å²) in [6.07, 6.45) is -0.679. The first-order valence-corrected chi connectivity index (χ1v) is 6.44. The van der Waals surface area contributed by atoms with Gasteiger partial charge in [-0.15, -0.1) is 0 Å². The number of rotatable bonds is 3. The van der Waals surface area contributed by atoms with Crippen LogP contribution in [0.15, 0.2) is 12.1 Å². The van der Waals surface area contributed by atoms with Crippen molar-refractivity contribution in [1.82, 2.24) is 4.98 Å². The highest BCUT2D eigenvalue weighted by Gasteiger charge is 2.18. The van der Waals surface area contributed by atoms with Crippen molar-refractivity contribution < 1.29 is 19.1 Å². The van der Waals surface area contributed by atoms with E-state index < -0.39 is 17.7 Å². The summed E-state index contributed by atoms with van der Waals surface area (Å²) in [4.78, 5) is 27.1. The van der Waals surface area contributed by atoms with E-state index in [2.05, 4.69) is 10.3 Å². The molecule has 0 spiro atoms. The van der Waals surface area contributed by atoms with Crippen LogP contribution in [-0.4, -0.2) is 29.3 Å². The van der Waals surface area contributed by atoms with E-state index >= 15 is 0 Å². The number of esters is 1. The van der Waals surface area contributed by atoms with Crippen LogP contribution >= 0.6 is 11.6 Å². The van der Waals surface area contributed by atoms with Crippen LogP contribution in [0.5, 0.6) is 0 Å². The Kier molecular flexibility index (Phi) is 5.33. The van der Waals surface area contributed by atoms with E-state index in [0.29, 0.717) is 0 Å². The van der Waals surface area contributed by atoms with Crippen LogP contribution in [0.25, 0.3) is 0 Å². The summed E-state index contributed by atoms with van der Waals surface area (Å²) in [5, 5.41) is 2.67. The summed E-state index contributed by atoms with van der Waals surface area (Å²) < 4.78 is 9.90. The molecule has 0 aliphatic heterocycles. The molecule has 0 saturated carbocycles. The van der Waals surface area contributed by atoms with Gasteiger partial charge in [0.15, 0.2) is 5.69 Å². The smallest absolute Gasteiger partial charge is 0.413 e. The average molecular weight is 301 g/mol. The molecule has 1 rings (SSSR count). The fraction of sp³-hybridized carbons (Fsp3) is 0.462.